The van der Waals surface area contributed by atoms with Crippen LogP contribution in [0.3, 0.4) is 0 Å². The zero-order valence-corrected chi connectivity index (χ0v) is 16.0. The largest absolute Gasteiger partial charge is 0.365 e. The van der Waals surface area contributed by atoms with Crippen molar-refractivity contribution < 1.29 is 0 Å². The van der Waals surface area contributed by atoms with Gasteiger partial charge in [0.25, 0.3) is 0 Å². The van der Waals surface area contributed by atoms with Crippen LogP contribution in [0.1, 0.15) is 5.56 Å². The number of thiophene rings is 1. The van der Waals surface area contributed by atoms with Crippen molar-refractivity contribution in [3.8, 4) is 16.4 Å². The Hall–Kier alpha value is -2.48. The maximum Gasteiger partial charge on any atom is 0.236 e. The number of imidazole rings is 1. The third kappa shape index (κ3) is 4.37. The van der Waals surface area contributed by atoms with Crippen LogP contribution in [-0.2, 0) is 6.54 Å². The standard InChI is InChI=1S/C17H14N6S.2ClH/c1-3-13(9-18-5-1)10-20-16-14(15-4-2-8-24-15)11-21-17(22-16)23-7-6-19-12-23;;/h1-9,11-12H,10H2,(H,20,21,22);2*1H. The average molecular weight is 407 g/mol. The predicted molar refractivity (Wildman–Crippen MR) is 109 cm³/mol. The molecule has 0 unspecified atom stereocenters. The minimum absolute atomic E-state index is 0. The molecule has 1 N–H and O–H groups in total. The highest BCUT2D eigenvalue weighted by molar-refractivity contribution is 7.13. The molecule has 26 heavy (non-hydrogen) atoms. The number of hydrogen-bond donors (Lipinski definition) is 1. The van der Waals surface area contributed by atoms with Gasteiger partial charge in [0.2, 0.25) is 5.95 Å². The molecule has 4 aromatic rings. The maximum atomic E-state index is 4.67. The van der Waals surface area contributed by atoms with Crippen molar-refractivity contribution in [2.24, 2.45) is 0 Å². The van der Waals surface area contributed by atoms with Gasteiger partial charge in [0.15, 0.2) is 0 Å². The monoisotopic (exact) mass is 406 g/mol. The first-order valence-electron chi connectivity index (χ1n) is 7.42. The summed E-state index contributed by atoms with van der Waals surface area (Å²) in [6, 6.07) is 8.04. The molecule has 6 nitrogen and oxygen atoms in total. The molecule has 0 bridgehead atoms. The molecule has 134 valence electrons. The molecule has 0 aliphatic carbocycles. The molecule has 0 aliphatic rings. The van der Waals surface area contributed by atoms with Crippen LogP contribution in [0, 0.1) is 0 Å². The molecule has 0 radical (unpaired) electrons. The molecule has 0 atom stereocenters. The molecular weight excluding hydrogens is 391 g/mol. The highest BCUT2D eigenvalue weighted by atomic mass is 35.5. The van der Waals surface area contributed by atoms with E-state index in [0.717, 1.165) is 21.8 Å². The smallest absolute Gasteiger partial charge is 0.236 e. The van der Waals surface area contributed by atoms with E-state index in [1.165, 1.54) is 0 Å². The van der Waals surface area contributed by atoms with E-state index < -0.39 is 0 Å². The summed E-state index contributed by atoms with van der Waals surface area (Å²) in [4.78, 5) is 18.5. The number of nitrogens with zero attached hydrogens (tertiary/aromatic N) is 5. The van der Waals surface area contributed by atoms with Crippen LogP contribution in [0.4, 0.5) is 5.82 Å². The highest BCUT2D eigenvalue weighted by Crippen LogP contribution is 2.30. The quantitative estimate of drug-likeness (QED) is 0.536. The van der Waals surface area contributed by atoms with Gasteiger partial charge in [-0.25, -0.2) is 9.97 Å². The first-order chi connectivity index (χ1) is 11.9. The van der Waals surface area contributed by atoms with Gasteiger partial charge in [0, 0.05) is 42.4 Å². The van der Waals surface area contributed by atoms with Crippen LogP contribution in [0.2, 0.25) is 0 Å². The summed E-state index contributed by atoms with van der Waals surface area (Å²) in [6.45, 7) is 0.645. The summed E-state index contributed by atoms with van der Waals surface area (Å²) in [6.07, 6.45) is 10.7. The van der Waals surface area contributed by atoms with Crippen LogP contribution in [-0.4, -0.2) is 24.5 Å². The maximum absolute atomic E-state index is 4.67. The molecular formula is C17H16Cl2N6S. The van der Waals surface area contributed by atoms with E-state index in [-0.39, 0.29) is 24.8 Å². The summed E-state index contributed by atoms with van der Waals surface area (Å²) in [5.74, 6) is 1.38. The number of anilines is 1. The lowest BCUT2D eigenvalue weighted by atomic mass is 10.2. The Kier molecular flexibility index (Phi) is 7.08. The number of halogens is 2. The summed E-state index contributed by atoms with van der Waals surface area (Å²) in [5, 5.41) is 5.45. The Morgan fingerprint density at radius 2 is 1.96 bits per heavy atom. The van der Waals surface area contributed by atoms with Crippen LogP contribution in [0.25, 0.3) is 16.4 Å². The molecule has 0 amide bonds. The second-order valence-electron chi connectivity index (χ2n) is 5.09. The van der Waals surface area contributed by atoms with Crippen molar-refractivity contribution in [3.63, 3.8) is 0 Å². The minimum atomic E-state index is 0. The fourth-order valence-electron chi connectivity index (χ4n) is 2.31. The Morgan fingerprint density at radius 1 is 1.04 bits per heavy atom. The van der Waals surface area contributed by atoms with Gasteiger partial charge < -0.3 is 5.32 Å². The van der Waals surface area contributed by atoms with Crippen LogP contribution >= 0.6 is 36.2 Å². The lowest BCUT2D eigenvalue weighted by molar-refractivity contribution is 0.922. The molecule has 0 saturated carbocycles. The second-order valence-corrected chi connectivity index (χ2v) is 6.04. The third-order valence-corrected chi connectivity index (χ3v) is 4.38. The van der Waals surface area contributed by atoms with Crippen molar-refractivity contribution >= 4 is 42.0 Å². The van der Waals surface area contributed by atoms with Gasteiger partial charge >= 0.3 is 0 Å². The second kappa shape index (κ2) is 9.28. The van der Waals surface area contributed by atoms with E-state index >= 15 is 0 Å². The van der Waals surface area contributed by atoms with Crippen LogP contribution in [0.5, 0.6) is 0 Å². The average Bonchev–Trinajstić information content (AvgIpc) is 3.34. The van der Waals surface area contributed by atoms with Crippen molar-refractivity contribution in [2.45, 2.75) is 6.54 Å². The summed E-state index contributed by atoms with van der Waals surface area (Å²) in [7, 11) is 0. The van der Waals surface area contributed by atoms with Crippen LogP contribution in [0.15, 0.2) is 67.0 Å². The van der Waals surface area contributed by atoms with Gasteiger partial charge in [-0.3, -0.25) is 9.55 Å². The van der Waals surface area contributed by atoms with Gasteiger partial charge in [-0.05, 0) is 23.1 Å². The molecule has 4 rings (SSSR count). The van der Waals surface area contributed by atoms with Gasteiger partial charge in [-0.2, -0.15) is 4.98 Å². The summed E-state index contributed by atoms with van der Waals surface area (Å²) in [5.41, 5.74) is 2.08. The first kappa shape index (κ1) is 19.8. The third-order valence-electron chi connectivity index (χ3n) is 3.48. The zero-order valence-electron chi connectivity index (χ0n) is 13.5. The molecule has 0 aliphatic heterocycles. The number of pyridine rings is 1. The van der Waals surface area contributed by atoms with Crippen molar-refractivity contribution in [1.29, 1.82) is 0 Å². The van der Waals surface area contributed by atoms with E-state index in [2.05, 4.69) is 31.3 Å². The van der Waals surface area contributed by atoms with Gasteiger partial charge in [-0.1, -0.05) is 12.1 Å². The predicted octanol–water partition coefficient (Wildman–Crippen LogP) is 4.24. The Labute approximate surface area is 167 Å². The SMILES string of the molecule is Cl.Cl.c1cncc(CNc2nc(-n3ccnc3)ncc2-c2cccs2)c1. The molecule has 0 aromatic carbocycles. The molecule has 0 spiro atoms. The van der Waals surface area contributed by atoms with Crippen molar-refractivity contribution in [1.82, 2.24) is 24.5 Å². The minimum Gasteiger partial charge on any atom is -0.365 e. The lowest BCUT2D eigenvalue weighted by Gasteiger charge is -2.11. The Morgan fingerprint density at radius 3 is 2.65 bits per heavy atom. The summed E-state index contributed by atoms with van der Waals surface area (Å²) < 4.78 is 1.79. The normalized spacial score (nSPS) is 9.85. The summed E-state index contributed by atoms with van der Waals surface area (Å²) >= 11 is 1.66. The van der Waals surface area contributed by atoms with E-state index in [0.29, 0.717) is 12.5 Å². The van der Waals surface area contributed by atoms with Gasteiger partial charge in [0.05, 0.1) is 5.56 Å². The van der Waals surface area contributed by atoms with Crippen LogP contribution < -0.4 is 5.32 Å². The fraction of sp³-hybridized carbons (Fsp3) is 0.0588. The Bertz CT molecular complexity index is 914. The number of aromatic nitrogens is 5. The molecule has 0 fully saturated rings. The lowest BCUT2D eigenvalue weighted by Crippen LogP contribution is -2.07. The first-order valence-corrected chi connectivity index (χ1v) is 8.30. The number of hydrogen-bond acceptors (Lipinski definition) is 6. The van der Waals surface area contributed by atoms with Crippen molar-refractivity contribution in [3.05, 3.63) is 72.5 Å². The topological polar surface area (TPSA) is 68.5 Å². The molecule has 4 heterocycles. The van der Waals surface area contributed by atoms with Gasteiger partial charge in [0.1, 0.15) is 12.1 Å². The number of rotatable bonds is 5. The van der Waals surface area contributed by atoms with E-state index in [4.69, 9.17) is 0 Å². The van der Waals surface area contributed by atoms with E-state index in [1.54, 1.807) is 34.6 Å². The molecule has 9 heteroatoms. The van der Waals surface area contributed by atoms with E-state index in [9.17, 15) is 0 Å². The number of nitrogens with one attached hydrogen (secondary N) is 1. The van der Waals surface area contributed by atoms with E-state index in [1.807, 2.05) is 42.2 Å². The molecule has 0 saturated heterocycles. The fourth-order valence-corrected chi connectivity index (χ4v) is 3.05. The zero-order chi connectivity index (χ0) is 16.2. The van der Waals surface area contributed by atoms with Crippen molar-refractivity contribution in [2.75, 3.05) is 5.32 Å². The Balaban J connectivity index is 0.00000121. The van der Waals surface area contributed by atoms with Gasteiger partial charge in [-0.15, -0.1) is 36.2 Å². The highest BCUT2D eigenvalue weighted by Gasteiger charge is 2.11. The molecule has 4 aromatic heterocycles.